The minimum Gasteiger partial charge on any atom is -0.285 e. The van der Waals surface area contributed by atoms with Crippen LogP contribution in [0.2, 0.25) is 0 Å². The molecule has 1 aliphatic rings. The Morgan fingerprint density at radius 2 is 1.09 bits per heavy atom. The molecule has 0 spiro atoms. The van der Waals surface area contributed by atoms with E-state index in [4.69, 9.17) is 0 Å². The molecule has 6 heteroatoms. The van der Waals surface area contributed by atoms with E-state index >= 15 is 0 Å². The Hall–Kier alpha value is -4.29. The lowest BCUT2D eigenvalue weighted by Crippen LogP contribution is -2.59. The molecular weight excluding hydrogens is 560 g/mol. The summed E-state index contributed by atoms with van der Waals surface area (Å²) >= 11 is 0. The number of nitrogens with zero attached hydrogens (tertiary/aromatic N) is 2. The van der Waals surface area contributed by atoms with Gasteiger partial charge in [0.2, 0.25) is 0 Å². The van der Waals surface area contributed by atoms with Gasteiger partial charge in [-0.2, -0.15) is 0 Å². The maximum atomic E-state index is 14.7. The normalized spacial score (nSPS) is 14.7. The highest BCUT2D eigenvalue weighted by Crippen LogP contribution is 2.39. The summed E-state index contributed by atoms with van der Waals surface area (Å²) in [6, 6.07) is 24.3. The van der Waals surface area contributed by atoms with Gasteiger partial charge in [-0.1, -0.05) is 135 Å². The average molecular weight is 605 g/mol. The van der Waals surface area contributed by atoms with Crippen molar-refractivity contribution in [2.75, 3.05) is 0 Å². The molecule has 0 unspecified atom stereocenters. The van der Waals surface area contributed by atoms with Crippen LogP contribution < -0.4 is 0 Å². The Labute approximate surface area is 266 Å². The fourth-order valence-corrected chi connectivity index (χ4v) is 6.23. The molecular formula is C39H44N2O4. The lowest BCUT2D eigenvalue weighted by atomic mass is 9.81. The SMILES string of the molecule is CC(C)(C)c1cccc(C(c2cccc(C(C)(C)C)c2)N(O)C(=O)[C@@H](N2C(=O)c3cccc4cccc(c34)C2=O)C(C)(C)C)c1. The summed E-state index contributed by atoms with van der Waals surface area (Å²) in [4.78, 5) is 44.0. The van der Waals surface area contributed by atoms with Gasteiger partial charge < -0.3 is 0 Å². The summed E-state index contributed by atoms with van der Waals surface area (Å²) in [5, 5.41) is 14.2. The third kappa shape index (κ3) is 5.91. The number of amides is 3. The van der Waals surface area contributed by atoms with Crippen LogP contribution in [0.1, 0.15) is 111 Å². The van der Waals surface area contributed by atoms with Crippen LogP contribution in [0.4, 0.5) is 0 Å². The van der Waals surface area contributed by atoms with E-state index in [-0.39, 0.29) is 10.8 Å². The van der Waals surface area contributed by atoms with Gasteiger partial charge in [-0.05, 0) is 56.0 Å². The second-order valence-electron chi connectivity index (χ2n) is 15.3. The maximum Gasteiger partial charge on any atom is 0.270 e. The molecule has 6 nitrogen and oxygen atoms in total. The quantitative estimate of drug-likeness (QED) is 0.141. The number of carbonyl (C=O) groups excluding carboxylic acids is 3. The van der Waals surface area contributed by atoms with E-state index in [0.717, 1.165) is 37.6 Å². The monoisotopic (exact) mass is 604 g/mol. The molecule has 1 aliphatic heterocycles. The van der Waals surface area contributed by atoms with E-state index in [9.17, 15) is 19.6 Å². The van der Waals surface area contributed by atoms with Crippen LogP contribution in [-0.2, 0) is 15.6 Å². The summed E-state index contributed by atoms with van der Waals surface area (Å²) in [5.41, 5.74) is 3.02. The highest BCUT2D eigenvalue weighted by Gasteiger charge is 2.48. The highest BCUT2D eigenvalue weighted by atomic mass is 16.5. The van der Waals surface area contributed by atoms with Gasteiger partial charge >= 0.3 is 0 Å². The summed E-state index contributed by atoms with van der Waals surface area (Å²) in [6.07, 6.45) is 0. The van der Waals surface area contributed by atoms with E-state index < -0.39 is 35.2 Å². The van der Waals surface area contributed by atoms with Gasteiger partial charge in [-0.3, -0.25) is 24.5 Å². The van der Waals surface area contributed by atoms with Gasteiger partial charge in [0.25, 0.3) is 17.7 Å². The molecule has 0 radical (unpaired) electrons. The predicted octanol–water partition coefficient (Wildman–Crippen LogP) is 8.45. The Morgan fingerprint density at radius 1 is 0.667 bits per heavy atom. The second-order valence-corrected chi connectivity index (χ2v) is 15.3. The molecule has 3 amide bonds. The van der Waals surface area contributed by atoms with Gasteiger partial charge in [0, 0.05) is 16.5 Å². The first kappa shape index (κ1) is 32.1. The number of rotatable bonds is 5. The molecule has 4 aromatic rings. The number of hydrogen-bond acceptors (Lipinski definition) is 4. The topological polar surface area (TPSA) is 77.9 Å². The van der Waals surface area contributed by atoms with Crippen LogP contribution in [0.15, 0.2) is 84.9 Å². The zero-order valence-electron chi connectivity index (χ0n) is 27.8. The first-order valence-electron chi connectivity index (χ1n) is 15.5. The van der Waals surface area contributed by atoms with Crippen LogP contribution in [0, 0.1) is 5.41 Å². The zero-order valence-corrected chi connectivity index (χ0v) is 27.8. The standard InChI is InChI=1S/C39H44N2O4/c1-37(2,3)27-18-10-16-25(22-27)32(26-17-11-19-28(23-26)38(4,5)6)41(45)36(44)33(39(7,8)9)40-34(42)29-20-12-14-24-15-13-21-30(31(24)29)35(40)43/h10-23,32-33,45H,1-9H3/t33-/m1/s1. The van der Waals surface area contributed by atoms with Crippen molar-refractivity contribution in [2.24, 2.45) is 5.41 Å². The molecule has 0 aliphatic carbocycles. The van der Waals surface area contributed by atoms with Crippen LogP contribution >= 0.6 is 0 Å². The summed E-state index contributed by atoms with van der Waals surface area (Å²) in [6.45, 7) is 18.1. The third-order valence-corrected chi connectivity index (χ3v) is 8.72. The van der Waals surface area contributed by atoms with Crippen molar-refractivity contribution in [1.82, 2.24) is 9.96 Å². The van der Waals surface area contributed by atoms with E-state index in [2.05, 4.69) is 41.5 Å². The number of hydrogen-bond donors (Lipinski definition) is 1. The van der Waals surface area contributed by atoms with Crippen LogP contribution in [0.3, 0.4) is 0 Å². The molecule has 1 heterocycles. The second kappa shape index (κ2) is 11.3. The molecule has 45 heavy (non-hydrogen) atoms. The van der Waals surface area contributed by atoms with Crippen molar-refractivity contribution in [2.45, 2.75) is 85.2 Å². The van der Waals surface area contributed by atoms with Gasteiger partial charge in [0.1, 0.15) is 12.1 Å². The van der Waals surface area contributed by atoms with E-state index in [0.29, 0.717) is 16.5 Å². The minimum absolute atomic E-state index is 0.174. The molecule has 5 rings (SSSR count). The molecule has 1 N–H and O–H groups in total. The molecule has 0 fully saturated rings. The molecule has 0 aromatic heterocycles. The molecule has 0 saturated heterocycles. The van der Waals surface area contributed by atoms with Crippen molar-refractivity contribution >= 4 is 28.5 Å². The van der Waals surface area contributed by atoms with E-state index in [1.807, 2.05) is 60.7 Å². The van der Waals surface area contributed by atoms with Crippen molar-refractivity contribution in [1.29, 1.82) is 0 Å². The van der Waals surface area contributed by atoms with Crippen molar-refractivity contribution in [3.05, 3.63) is 118 Å². The fraction of sp³-hybridized carbons (Fsp3) is 0.359. The lowest BCUT2D eigenvalue weighted by molar-refractivity contribution is -0.181. The van der Waals surface area contributed by atoms with Crippen LogP contribution in [0.5, 0.6) is 0 Å². The number of hydroxylamine groups is 2. The molecule has 1 atom stereocenters. The number of benzene rings is 4. The summed E-state index contributed by atoms with van der Waals surface area (Å²) in [7, 11) is 0. The average Bonchev–Trinajstić information content (AvgIpc) is 2.96. The predicted molar refractivity (Wildman–Crippen MR) is 178 cm³/mol. The van der Waals surface area contributed by atoms with Crippen molar-refractivity contribution in [3.63, 3.8) is 0 Å². The smallest absolute Gasteiger partial charge is 0.270 e. The zero-order chi connectivity index (χ0) is 33.1. The fourth-order valence-electron chi connectivity index (χ4n) is 6.23. The molecule has 0 saturated carbocycles. The first-order valence-corrected chi connectivity index (χ1v) is 15.5. The Balaban J connectivity index is 1.66. The van der Waals surface area contributed by atoms with Gasteiger partial charge in [0.05, 0.1) is 0 Å². The van der Waals surface area contributed by atoms with Crippen LogP contribution in [-0.4, -0.2) is 38.9 Å². The first-order chi connectivity index (χ1) is 20.9. The Bertz CT molecular complexity index is 1690. The number of imide groups is 1. The van der Waals surface area contributed by atoms with Crippen molar-refractivity contribution < 1.29 is 19.6 Å². The van der Waals surface area contributed by atoms with Gasteiger partial charge in [0.15, 0.2) is 0 Å². The largest absolute Gasteiger partial charge is 0.285 e. The molecule has 4 aromatic carbocycles. The summed E-state index contributed by atoms with van der Waals surface area (Å²) in [5.74, 6) is -1.83. The highest BCUT2D eigenvalue weighted by molar-refractivity contribution is 6.26. The van der Waals surface area contributed by atoms with Gasteiger partial charge in [-0.15, -0.1) is 0 Å². The number of carbonyl (C=O) groups is 3. The van der Waals surface area contributed by atoms with E-state index in [1.165, 1.54) is 0 Å². The Morgan fingerprint density at radius 3 is 1.49 bits per heavy atom. The Kier molecular flexibility index (Phi) is 8.03. The summed E-state index contributed by atoms with van der Waals surface area (Å²) < 4.78 is 0. The van der Waals surface area contributed by atoms with Crippen molar-refractivity contribution in [3.8, 4) is 0 Å². The van der Waals surface area contributed by atoms with Gasteiger partial charge in [-0.25, -0.2) is 5.06 Å². The minimum atomic E-state index is -1.29. The third-order valence-electron chi connectivity index (χ3n) is 8.72. The molecule has 234 valence electrons. The maximum absolute atomic E-state index is 14.7. The van der Waals surface area contributed by atoms with E-state index in [1.54, 1.807) is 45.0 Å². The molecule has 0 bridgehead atoms. The van der Waals surface area contributed by atoms with Crippen LogP contribution in [0.25, 0.3) is 10.8 Å². The lowest BCUT2D eigenvalue weighted by Gasteiger charge is -2.42.